The Hall–Kier alpha value is -0.820. The van der Waals surface area contributed by atoms with Crippen molar-refractivity contribution >= 4 is 0 Å². The lowest BCUT2D eigenvalue weighted by Crippen LogP contribution is -2.43. The lowest BCUT2D eigenvalue weighted by molar-refractivity contribution is 0.136. The fourth-order valence-corrected chi connectivity index (χ4v) is 4.53. The molecule has 0 unspecified atom stereocenters. The van der Waals surface area contributed by atoms with E-state index in [-0.39, 0.29) is 0 Å². The van der Waals surface area contributed by atoms with Crippen molar-refractivity contribution in [3.05, 3.63) is 35.4 Å². The van der Waals surface area contributed by atoms with Crippen LogP contribution in [0.1, 0.15) is 49.7 Å². The van der Waals surface area contributed by atoms with Gasteiger partial charge in [-0.3, -0.25) is 0 Å². The highest BCUT2D eigenvalue weighted by Gasteiger charge is 2.44. The highest BCUT2D eigenvalue weighted by atomic mass is 15.0. The van der Waals surface area contributed by atoms with Crippen molar-refractivity contribution < 1.29 is 0 Å². The van der Waals surface area contributed by atoms with E-state index in [2.05, 4.69) is 43.3 Å². The largest absolute Gasteiger partial charge is 0.309 e. The molecule has 0 aromatic heterocycles. The van der Waals surface area contributed by atoms with Gasteiger partial charge < -0.3 is 4.90 Å². The zero-order valence-corrected chi connectivity index (χ0v) is 12.5. The summed E-state index contributed by atoms with van der Waals surface area (Å²) in [6, 6.07) is 9.29. The van der Waals surface area contributed by atoms with Gasteiger partial charge in [-0.25, -0.2) is 0 Å². The first-order valence-corrected chi connectivity index (χ1v) is 7.95. The zero-order chi connectivity index (χ0) is 13.3. The molecule has 0 spiro atoms. The molecule has 19 heavy (non-hydrogen) atoms. The second kappa shape index (κ2) is 5.28. The van der Waals surface area contributed by atoms with E-state index in [9.17, 15) is 0 Å². The van der Waals surface area contributed by atoms with Crippen LogP contribution < -0.4 is 0 Å². The average molecular weight is 257 g/mol. The number of fused-ring (bicyclic) bond motifs is 3. The van der Waals surface area contributed by atoms with Gasteiger partial charge in [0.1, 0.15) is 0 Å². The Bertz CT molecular complexity index is 437. The van der Waals surface area contributed by atoms with Crippen LogP contribution in [0.5, 0.6) is 0 Å². The van der Waals surface area contributed by atoms with E-state index in [1.807, 2.05) is 0 Å². The molecule has 1 fully saturated rings. The maximum Gasteiger partial charge on any atom is -0.000379 e. The molecule has 0 aliphatic heterocycles. The Morgan fingerprint density at radius 1 is 1.16 bits per heavy atom. The molecule has 2 aliphatic carbocycles. The SMILES string of the molecule is CN(C)CC[C@@]12CCCC[C@H]1CCc1ccccc12. The molecule has 1 saturated carbocycles. The second-order valence-corrected chi connectivity index (χ2v) is 6.85. The van der Waals surface area contributed by atoms with Gasteiger partial charge in [-0.05, 0) is 75.2 Å². The minimum Gasteiger partial charge on any atom is -0.309 e. The molecule has 1 aromatic rings. The van der Waals surface area contributed by atoms with Gasteiger partial charge in [-0.15, -0.1) is 0 Å². The Balaban J connectivity index is 1.98. The molecule has 2 atom stereocenters. The highest BCUT2D eigenvalue weighted by molar-refractivity contribution is 5.38. The summed E-state index contributed by atoms with van der Waals surface area (Å²) >= 11 is 0. The van der Waals surface area contributed by atoms with Gasteiger partial charge in [-0.1, -0.05) is 37.1 Å². The van der Waals surface area contributed by atoms with Crippen LogP contribution in [0, 0.1) is 5.92 Å². The molecule has 0 saturated heterocycles. The Morgan fingerprint density at radius 3 is 2.84 bits per heavy atom. The van der Waals surface area contributed by atoms with Crippen LogP contribution in [0.2, 0.25) is 0 Å². The van der Waals surface area contributed by atoms with Crippen LogP contribution in [-0.4, -0.2) is 25.5 Å². The summed E-state index contributed by atoms with van der Waals surface area (Å²) in [6.07, 6.45) is 9.84. The third kappa shape index (κ3) is 2.33. The van der Waals surface area contributed by atoms with E-state index in [0.29, 0.717) is 5.41 Å². The van der Waals surface area contributed by atoms with Crippen LogP contribution >= 0.6 is 0 Å². The molecule has 1 nitrogen and oxygen atoms in total. The first kappa shape index (κ1) is 13.2. The van der Waals surface area contributed by atoms with Crippen molar-refractivity contribution in [1.82, 2.24) is 4.90 Å². The molecule has 104 valence electrons. The first-order chi connectivity index (χ1) is 9.22. The van der Waals surface area contributed by atoms with E-state index in [1.54, 1.807) is 11.1 Å². The van der Waals surface area contributed by atoms with Crippen LogP contribution in [0.4, 0.5) is 0 Å². The Morgan fingerprint density at radius 2 is 2.00 bits per heavy atom. The lowest BCUT2D eigenvalue weighted by Gasteiger charge is -2.49. The molecule has 3 rings (SSSR count). The van der Waals surface area contributed by atoms with Gasteiger partial charge in [0.25, 0.3) is 0 Å². The lowest BCUT2D eigenvalue weighted by atomic mass is 9.56. The summed E-state index contributed by atoms with van der Waals surface area (Å²) in [4.78, 5) is 2.36. The predicted octanol–water partition coefficient (Wildman–Crippen LogP) is 4.01. The normalized spacial score (nSPS) is 29.9. The molecule has 0 amide bonds. The standard InChI is InChI=1S/C18H27N/c1-19(2)14-13-18-12-6-5-8-16(18)11-10-15-7-3-4-9-17(15)18/h3-4,7,9,16H,5-6,8,10-14H2,1-2H3/t16-,18-/m0/s1. The molecular formula is C18H27N. The summed E-state index contributed by atoms with van der Waals surface area (Å²) in [5.74, 6) is 0.941. The van der Waals surface area contributed by atoms with Crippen LogP contribution in [0.25, 0.3) is 0 Å². The minimum atomic E-state index is 0.497. The maximum atomic E-state index is 2.43. The average Bonchev–Trinajstić information content (AvgIpc) is 2.45. The zero-order valence-electron chi connectivity index (χ0n) is 12.5. The molecular weight excluding hydrogens is 230 g/mol. The molecule has 0 radical (unpaired) electrons. The first-order valence-electron chi connectivity index (χ1n) is 7.95. The van der Waals surface area contributed by atoms with Crippen molar-refractivity contribution in [1.29, 1.82) is 0 Å². The van der Waals surface area contributed by atoms with Crippen molar-refractivity contribution in [2.75, 3.05) is 20.6 Å². The summed E-state index contributed by atoms with van der Waals surface area (Å²) in [7, 11) is 4.42. The number of nitrogens with zero attached hydrogens (tertiary/aromatic N) is 1. The second-order valence-electron chi connectivity index (χ2n) is 6.85. The van der Waals surface area contributed by atoms with Gasteiger partial charge in [0.15, 0.2) is 0 Å². The monoisotopic (exact) mass is 257 g/mol. The number of benzene rings is 1. The summed E-state index contributed by atoms with van der Waals surface area (Å²) in [5.41, 5.74) is 3.84. The molecule has 0 bridgehead atoms. The molecule has 1 aromatic carbocycles. The van der Waals surface area contributed by atoms with Gasteiger partial charge >= 0.3 is 0 Å². The number of rotatable bonds is 3. The van der Waals surface area contributed by atoms with Crippen LogP contribution in [0.3, 0.4) is 0 Å². The fourth-order valence-electron chi connectivity index (χ4n) is 4.53. The third-order valence-electron chi connectivity index (χ3n) is 5.53. The van der Waals surface area contributed by atoms with Gasteiger partial charge in [0.05, 0.1) is 0 Å². The van der Waals surface area contributed by atoms with Crippen molar-refractivity contribution in [3.63, 3.8) is 0 Å². The predicted molar refractivity (Wildman–Crippen MR) is 81.6 cm³/mol. The van der Waals surface area contributed by atoms with Gasteiger partial charge in [0, 0.05) is 0 Å². The van der Waals surface area contributed by atoms with Crippen LogP contribution in [-0.2, 0) is 11.8 Å². The Kier molecular flexibility index (Phi) is 3.66. The van der Waals surface area contributed by atoms with E-state index in [1.165, 1.54) is 51.5 Å². The fraction of sp³-hybridized carbons (Fsp3) is 0.667. The maximum absolute atomic E-state index is 2.43. The molecule has 1 heteroatoms. The van der Waals surface area contributed by atoms with Gasteiger partial charge in [0.2, 0.25) is 0 Å². The number of hydrogen-bond donors (Lipinski definition) is 0. The molecule has 2 aliphatic rings. The van der Waals surface area contributed by atoms with Crippen molar-refractivity contribution in [2.45, 2.75) is 50.4 Å². The highest BCUT2D eigenvalue weighted by Crippen LogP contribution is 2.52. The van der Waals surface area contributed by atoms with Crippen molar-refractivity contribution in [3.8, 4) is 0 Å². The summed E-state index contributed by atoms with van der Waals surface area (Å²) in [6.45, 7) is 1.23. The van der Waals surface area contributed by atoms with E-state index >= 15 is 0 Å². The van der Waals surface area contributed by atoms with E-state index in [0.717, 1.165) is 5.92 Å². The molecule has 0 N–H and O–H groups in total. The smallest absolute Gasteiger partial charge is 0.000379 e. The van der Waals surface area contributed by atoms with Crippen LogP contribution in [0.15, 0.2) is 24.3 Å². The number of aryl methyl sites for hydroxylation is 1. The summed E-state index contributed by atoms with van der Waals surface area (Å²) < 4.78 is 0. The molecule has 0 heterocycles. The number of hydrogen-bond acceptors (Lipinski definition) is 1. The minimum absolute atomic E-state index is 0.497. The summed E-state index contributed by atoms with van der Waals surface area (Å²) in [5, 5.41) is 0. The van der Waals surface area contributed by atoms with E-state index < -0.39 is 0 Å². The topological polar surface area (TPSA) is 3.24 Å². The van der Waals surface area contributed by atoms with Gasteiger partial charge in [-0.2, -0.15) is 0 Å². The quantitative estimate of drug-likeness (QED) is 0.790. The third-order valence-corrected chi connectivity index (χ3v) is 5.53. The van der Waals surface area contributed by atoms with E-state index in [4.69, 9.17) is 0 Å². The Labute approximate surface area is 118 Å². The van der Waals surface area contributed by atoms with Crippen molar-refractivity contribution in [2.24, 2.45) is 5.92 Å².